The first-order chi connectivity index (χ1) is 8.78. The molecule has 1 unspecified atom stereocenters. The molecule has 18 heavy (non-hydrogen) atoms. The van der Waals surface area contributed by atoms with Crippen LogP contribution in [-0.4, -0.2) is 11.5 Å². The van der Waals surface area contributed by atoms with E-state index in [0.29, 0.717) is 6.04 Å². The van der Waals surface area contributed by atoms with Crippen molar-refractivity contribution < 1.29 is 0 Å². The molecule has 2 aromatic rings. The smallest absolute Gasteiger partial charge is 0.133 e. The number of thiazole rings is 1. The molecule has 1 aliphatic rings. The molecule has 0 aromatic carbocycles. The highest BCUT2D eigenvalue weighted by Crippen LogP contribution is 2.40. The topological polar surface area (TPSA) is 24.9 Å². The van der Waals surface area contributed by atoms with Crippen LogP contribution < -0.4 is 5.32 Å². The number of halogens is 1. The van der Waals surface area contributed by atoms with Crippen LogP contribution in [-0.2, 0) is 6.42 Å². The van der Waals surface area contributed by atoms with Crippen LogP contribution in [0.3, 0.4) is 0 Å². The van der Waals surface area contributed by atoms with Gasteiger partial charge in [0, 0.05) is 10.9 Å². The van der Waals surface area contributed by atoms with Crippen molar-refractivity contribution in [2.45, 2.75) is 32.2 Å². The number of aromatic nitrogens is 1. The summed E-state index contributed by atoms with van der Waals surface area (Å²) in [4.78, 5) is 7.57. The molecule has 5 heteroatoms. The second-order valence-electron chi connectivity index (χ2n) is 4.44. The quantitative estimate of drug-likeness (QED) is 0.880. The standard InChI is InChI=1S/C13H15BrN2S2/c1-2-15-8-4-3-5-9-12(8)18-13(16-9)10-6-7-11(14)17-10/h6-8,15H,2-5H2,1H3. The second-order valence-corrected chi connectivity index (χ2v) is 7.93. The molecule has 0 aliphatic heterocycles. The van der Waals surface area contributed by atoms with Gasteiger partial charge >= 0.3 is 0 Å². The fourth-order valence-corrected chi connectivity index (χ4v) is 5.06. The van der Waals surface area contributed by atoms with E-state index in [2.05, 4.69) is 40.3 Å². The second kappa shape index (κ2) is 5.41. The number of fused-ring (bicyclic) bond motifs is 1. The summed E-state index contributed by atoms with van der Waals surface area (Å²) >= 11 is 7.15. The van der Waals surface area contributed by atoms with E-state index < -0.39 is 0 Å². The minimum atomic E-state index is 0.522. The van der Waals surface area contributed by atoms with Crippen molar-refractivity contribution in [3.8, 4) is 9.88 Å². The molecule has 0 saturated carbocycles. The van der Waals surface area contributed by atoms with Crippen LogP contribution in [0.5, 0.6) is 0 Å². The first kappa shape index (κ1) is 12.8. The van der Waals surface area contributed by atoms with Crippen LogP contribution in [0.25, 0.3) is 9.88 Å². The molecule has 1 atom stereocenters. The summed E-state index contributed by atoms with van der Waals surface area (Å²) < 4.78 is 1.17. The fraction of sp³-hybridized carbons (Fsp3) is 0.462. The number of rotatable bonds is 3. The third-order valence-electron chi connectivity index (χ3n) is 3.18. The van der Waals surface area contributed by atoms with Crippen molar-refractivity contribution in [3.63, 3.8) is 0 Å². The molecule has 2 nitrogen and oxygen atoms in total. The Balaban J connectivity index is 1.95. The number of aryl methyl sites for hydroxylation is 1. The van der Waals surface area contributed by atoms with Gasteiger partial charge in [-0.25, -0.2) is 4.98 Å². The third kappa shape index (κ3) is 2.41. The van der Waals surface area contributed by atoms with Crippen molar-refractivity contribution in [3.05, 3.63) is 26.5 Å². The Labute approximate surface area is 124 Å². The lowest BCUT2D eigenvalue weighted by atomic mass is 9.98. The maximum atomic E-state index is 4.83. The normalized spacial score (nSPS) is 18.9. The zero-order chi connectivity index (χ0) is 12.5. The number of thiophene rings is 1. The van der Waals surface area contributed by atoms with E-state index in [0.717, 1.165) is 13.0 Å². The number of hydrogen-bond donors (Lipinski definition) is 1. The average Bonchev–Trinajstić information content (AvgIpc) is 2.95. The van der Waals surface area contributed by atoms with Crippen LogP contribution in [0.4, 0.5) is 0 Å². The predicted octanol–water partition coefficient (Wildman–Crippen LogP) is 4.62. The van der Waals surface area contributed by atoms with E-state index in [-0.39, 0.29) is 0 Å². The molecular formula is C13H15BrN2S2. The Hall–Kier alpha value is -0.230. The molecular weight excluding hydrogens is 328 g/mol. The van der Waals surface area contributed by atoms with E-state index in [9.17, 15) is 0 Å². The summed E-state index contributed by atoms with van der Waals surface area (Å²) in [5, 5.41) is 4.76. The Morgan fingerprint density at radius 3 is 3.06 bits per heavy atom. The van der Waals surface area contributed by atoms with Gasteiger partial charge < -0.3 is 5.32 Å². The molecule has 2 heterocycles. The van der Waals surface area contributed by atoms with Gasteiger partial charge in [0.25, 0.3) is 0 Å². The molecule has 1 N–H and O–H groups in total. The van der Waals surface area contributed by atoms with Gasteiger partial charge in [-0.05, 0) is 53.9 Å². The maximum Gasteiger partial charge on any atom is 0.133 e. The maximum absolute atomic E-state index is 4.83. The molecule has 2 aromatic heterocycles. The molecule has 0 bridgehead atoms. The van der Waals surface area contributed by atoms with E-state index in [4.69, 9.17) is 4.98 Å². The minimum Gasteiger partial charge on any atom is -0.309 e. The molecule has 0 saturated heterocycles. The summed E-state index contributed by atoms with van der Waals surface area (Å²) in [5.74, 6) is 0. The van der Waals surface area contributed by atoms with Gasteiger partial charge in [0.05, 0.1) is 14.4 Å². The van der Waals surface area contributed by atoms with Crippen LogP contribution in [0.15, 0.2) is 15.9 Å². The minimum absolute atomic E-state index is 0.522. The van der Waals surface area contributed by atoms with Crippen molar-refractivity contribution in [1.82, 2.24) is 10.3 Å². The van der Waals surface area contributed by atoms with Gasteiger partial charge in [0.2, 0.25) is 0 Å². The van der Waals surface area contributed by atoms with Crippen molar-refractivity contribution in [2.24, 2.45) is 0 Å². The Morgan fingerprint density at radius 2 is 2.33 bits per heavy atom. The van der Waals surface area contributed by atoms with Gasteiger partial charge in [0.1, 0.15) is 5.01 Å². The van der Waals surface area contributed by atoms with Crippen molar-refractivity contribution >= 4 is 38.6 Å². The summed E-state index contributed by atoms with van der Waals surface area (Å²) in [6, 6.07) is 4.78. The highest BCUT2D eigenvalue weighted by atomic mass is 79.9. The average molecular weight is 343 g/mol. The van der Waals surface area contributed by atoms with Crippen molar-refractivity contribution in [2.75, 3.05) is 6.54 Å². The SMILES string of the molecule is CCNC1CCCc2nc(-c3ccc(Br)s3)sc21. The summed E-state index contributed by atoms with van der Waals surface area (Å²) in [6.07, 6.45) is 3.64. The third-order valence-corrected chi connectivity index (χ3v) is 6.19. The van der Waals surface area contributed by atoms with Crippen LogP contribution in [0.2, 0.25) is 0 Å². The Bertz CT molecular complexity index is 547. The largest absolute Gasteiger partial charge is 0.309 e. The van der Waals surface area contributed by atoms with E-state index in [1.165, 1.54) is 37.1 Å². The summed E-state index contributed by atoms with van der Waals surface area (Å²) in [7, 11) is 0. The molecule has 1 aliphatic carbocycles. The van der Waals surface area contributed by atoms with E-state index >= 15 is 0 Å². The van der Waals surface area contributed by atoms with Crippen LogP contribution in [0.1, 0.15) is 36.4 Å². The number of nitrogens with zero attached hydrogens (tertiary/aromatic N) is 1. The summed E-state index contributed by atoms with van der Waals surface area (Å²) in [5.41, 5.74) is 1.32. The molecule has 3 rings (SSSR count). The highest BCUT2D eigenvalue weighted by molar-refractivity contribution is 9.11. The van der Waals surface area contributed by atoms with Gasteiger partial charge in [-0.2, -0.15) is 0 Å². The number of hydrogen-bond acceptors (Lipinski definition) is 4. The lowest BCUT2D eigenvalue weighted by Crippen LogP contribution is -2.23. The van der Waals surface area contributed by atoms with E-state index in [1.54, 1.807) is 11.3 Å². The Kier molecular flexibility index (Phi) is 3.84. The first-order valence-electron chi connectivity index (χ1n) is 6.26. The first-order valence-corrected chi connectivity index (χ1v) is 8.69. The van der Waals surface area contributed by atoms with Crippen LogP contribution >= 0.6 is 38.6 Å². The monoisotopic (exact) mass is 342 g/mol. The lowest BCUT2D eigenvalue weighted by molar-refractivity contribution is 0.476. The zero-order valence-corrected chi connectivity index (χ0v) is 13.4. The highest BCUT2D eigenvalue weighted by Gasteiger charge is 2.24. The zero-order valence-electron chi connectivity index (χ0n) is 10.2. The number of nitrogens with one attached hydrogen (secondary N) is 1. The van der Waals surface area contributed by atoms with Gasteiger partial charge in [0.15, 0.2) is 0 Å². The fourth-order valence-electron chi connectivity index (χ4n) is 2.40. The molecule has 0 fully saturated rings. The van der Waals surface area contributed by atoms with Crippen molar-refractivity contribution in [1.29, 1.82) is 0 Å². The predicted molar refractivity (Wildman–Crippen MR) is 82.5 cm³/mol. The van der Waals surface area contributed by atoms with Gasteiger partial charge in [-0.15, -0.1) is 22.7 Å². The van der Waals surface area contributed by atoms with Gasteiger partial charge in [-0.3, -0.25) is 0 Å². The van der Waals surface area contributed by atoms with Crippen LogP contribution in [0, 0.1) is 0 Å². The van der Waals surface area contributed by atoms with Gasteiger partial charge in [-0.1, -0.05) is 6.92 Å². The summed E-state index contributed by atoms with van der Waals surface area (Å²) in [6.45, 7) is 3.20. The molecule has 96 valence electrons. The van der Waals surface area contributed by atoms with E-state index in [1.807, 2.05) is 11.3 Å². The molecule has 0 radical (unpaired) electrons. The molecule has 0 amide bonds. The lowest BCUT2D eigenvalue weighted by Gasteiger charge is -2.21. The molecule has 0 spiro atoms. The Morgan fingerprint density at radius 1 is 1.44 bits per heavy atom.